The summed E-state index contributed by atoms with van der Waals surface area (Å²) in [4.78, 5) is 62.8. The van der Waals surface area contributed by atoms with Crippen molar-refractivity contribution in [3.63, 3.8) is 0 Å². The predicted molar refractivity (Wildman–Crippen MR) is 134 cm³/mol. The summed E-state index contributed by atoms with van der Waals surface area (Å²) in [5, 5.41) is 7.78. The largest absolute Gasteiger partial charge is 0.460 e. The molecule has 0 aromatic carbocycles. The molecule has 0 aliphatic heterocycles. The summed E-state index contributed by atoms with van der Waals surface area (Å²) in [7, 11) is 1.47. The highest BCUT2D eigenvalue weighted by Gasteiger charge is 2.31. The number of likely N-dealkylation sites (N-methyl/N-ethyl adjacent to an activating group) is 1. The molecule has 4 atom stereocenters. The van der Waals surface area contributed by atoms with E-state index in [2.05, 4.69) is 16.0 Å². The molecule has 0 heterocycles. The predicted octanol–water partition coefficient (Wildman–Crippen LogP) is 1.45. The van der Waals surface area contributed by atoms with Crippen molar-refractivity contribution in [1.82, 2.24) is 16.0 Å². The molecule has 0 aromatic heterocycles. The summed E-state index contributed by atoms with van der Waals surface area (Å²) in [6, 6.07) is -2.59. The lowest BCUT2D eigenvalue weighted by molar-refractivity contribution is -0.155. The van der Waals surface area contributed by atoms with Gasteiger partial charge in [-0.3, -0.25) is 24.0 Å². The van der Waals surface area contributed by atoms with E-state index in [9.17, 15) is 24.0 Å². The van der Waals surface area contributed by atoms with Gasteiger partial charge in [-0.05, 0) is 52.4 Å². The zero-order valence-corrected chi connectivity index (χ0v) is 22.8. The van der Waals surface area contributed by atoms with Crippen molar-refractivity contribution in [2.24, 2.45) is 23.5 Å². The molecule has 35 heavy (non-hydrogen) atoms. The number of carbonyl (C=O) groups excluding carboxylic acids is 5. The lowest BCUT2D eigenvalue weighted by Gasteiger charge is -2.25. The molecule has 0 fully saturated rings. The number of ketones is 1. The van der Waals surface area contributed by atoms with Gasteiger partial charge in [-0.15, -0.1) is 0 Å². The van der Waals surface area contributed by atoms with Crippen LogP contribution >= 0.6 is 0 Å². The number of carbonyl (C=O) groups is 5. The number of nitrogens with one attached hydrogen (secondary N) is 3. The molecule has 0 saturated carbocycles. The van der Waals surface area contributed by atoms with Crippen LogP contribution in [0.5, 0.6) is 0 Å². The van der Waals surface area contributed by atoms with E-state index in [4.69, 9.17) is 10.5 Å². The summed E-state index contributed by atoms with van der Waals surface area (Å²) in [5.74, 6) is -2.88. The molecule has 0 radical (unpaired) electrons. The monoisotopic (exact) mass is 498 g/mol. The molecule has 0 aliphatic carbocycles. The van der Waals surface area contributed by atoms with Crippen molar-refractivity contribution >= 4 is 29.5 Å². The van der Waals surface area contributed by atoms with E-state index in [-0.39, 0.29) is 42.8 Å². The highest BCUT2D eigenvalue weighted by molar-refractivity contribution is 5.94. The number of hydrogen-bond donors (Lipinski definition) is 4. The number of esters is 1. The second kappa shape index (κ2) is 14.8. The summed E-state index contributed by atoms with van der Waals surface area (Å²) in [6.45, 7) is 14.2. The Kier molecular flexibility index (Phi) is 13.8. The van der Waals surface area contributed by atoms with Crippen molar-refractivity contribution in [2.45, 2.75) is 105 Å². The van der Waals surface area contributed by atoms with Crippen LogP contribution in [0.4, 0.5) is 0 Å². The van der Waals surface area contributed by atoms with Crippen molar-refractivity contribution in [2.75, 3.05) is 7.05 Å². The standard InChI is InChI=1S/C25H46N4O6/c1-14(2)12-17(23(33)28-16(5)22(32)27-9)13-19(30)18(29-24(34)21(26)15(3)4)10-11-20(31)35-25(6,7)8/h14-18,21H,10-13,26H2,1-9H3,(H,27,32)(H,28,33)(H,29,34)/t16-,17+,18-,21-/m1/s1. The SMILES string of the molecule is CNC(=O)[C@@H](C)NC(=O)[C@H](CC(=O)[C@@H](CCC(=O)OC(C)(C)C)NC(=O)[C@H](N)C(C)C)CC(C)C. The minimum absolute atomic E-state index is 0.0228. The molecular weight excluding hydrogens is 452 g/mol. The van der Waals surface area contributed by atoms with Crippen LogP contribution in [0.1, 0.15) is 81.1 Å². The molecule has 0 bridgehead atoms. The Morgan fingerprint density at radius 1 is 0.886 bits per heavy atom. The summed E-state index contributed by atoms with van der Waals surface area (Å²) < 4.78 is 5.32. The number of rotatable bonds is 14. The van der Waals surface area contributed by atoms with Crippen molar-refractivity contribution < 1.29 is 28.7 Å². The van der Waals surface area contributed by atoms with Crippen LogP contribution in [0, 0.1) is 17.8 Å². The summed E-state index contributed by atoms with van der Waals surface area (Å²) in [6.07, 6.45) is 0.200. The molecule has 0 spiro atoms. The van der Waals surface area contributed by atoms with Gasteiger partial charge in [0.25, 0.3) is 0 Å². The first-order chi connectivity index (χ1) is 16.0. The van der Waals surface area contributed by atoms with E-state index in [1.54, 1.807) is 41.5 Å². The fourth-order valence-electron chi connectivity index (χ4n) is 3.39. The lowest BCUT2D eigenvalue weighted by atomic mass is 9.88. The maximum Gasteiger partial charge on any atom is 0.306 e. The fourth-order valence-corrected chi connectivity index (χ4v) is 3.39. The molecule has 0 rings (SSSR count). The molecule has 0 aromatic rings. The smallest absolute Gasteiger partial charge is 0.306 e. The molecule has 5 N–H and O–H groups in total. The van der Waals surface area contributed by atoms with E-state index >= 15 is 0 Å². The number of nitrogens with two attached hydrogens (primary N) is 1. The van der Waals surface area contributed by atoms with E-state index in [1.807, 2.05) is 13.8 Å². The Morgan fingerprint density at radius 3 is 1.91 bits per heavy atom. The van der Waals surface area contributed by atoms with Gasteiger partial charge in [0.05, 0.1) is 12.1 Å². The molecular formula is C25H46N4O6. The zero-order valence-electron chi connectivity index (χ0n) is 22.8. The summed E-state index contributed by atoms with van der Waals surface area (Å²) >= 11 is 0. The number of Topliss-reactive ketones (excluding diaryl/α,β-unsaturated/α-hetero) is 1. The minimum Gasteiger partial charge on any atom is -0.460 e. The highest BCUT2D eigenvalue weighted by Crippen LogP contribution is 2.19. The van der Waals surface area contributed by atoms with Gasteiger partial charge in [0.1, 0.15) is 11.6 Å². The average Bonchev–Trinajstić information content (AvgIpc) is 2.72. The first-order valence-electron chi connectivity index (χ1n) is 12.3. The second-order valence-electron chi connectivity index (χ2n) is 10.8. The Hall–Kier alpha value is -2.49. The van der Waals surface area contributed by atoms with E-state index in [1.165, 1.54) is 7.05 Å². The first kappa shape index (κ1) is 32.5. The average molecular weight is 499 g/mol. The molecule has 10 nitrogen and oxygen atoms in total. The zero-order chi connectivity index (χ0) is 27.5. The third-order valence-corrected chi connectivity index (χ3v) is 5.36. The van der Waals surface area contributed by atoms with Crippen LogP contribution in [-0.4, -0.2) is 60.2 Å². The third kappa shape index (κ3) is 13.2. The maximum absolute atomic E-state index is 13.3. The van der Waals surface area contributed by atoms with Crippen LogP contribution < -0.4 is 21.7 Å². The Morgan fingerprint density at radius 2 is 1.46 bits per heavy atom. The molecule has 202 valence electrons. The van der Waals surface area contributed by atoms with Crippen LogP contribution in [0.25, 0.3) is 0 Å². The van der Waals surface area contributed by atoms with Crippen molar-refractivity contribution in [3.05, 3.63) is 0 Å². The summed E-state index contributed by atoms with van der Waals surface area (Å²) in [5.41, 5.74) is 5.26. The van der Waals surface area contributed by atoms with Crippen LogP contribution in [0.3, 0.4) is 0 Å². The second-order valence-corrected chi connectivity index (χ2v) is 10.8. The molecule has 0 unspecified atom stereocenters. The lowest BCUT2D eigenvalue weighted by Crippen LogP contribution is -2.51. The van der Waals surface area contributed by atoms with Gasteiger partial charge < -0.3 is 26.4 Å². The number of ether oxygens (including phenoxy) is 1. The molecule has 0 aliphatic rings. The molecule has 0 saturated heterocycles. The van der Waals surface area contributed by atoms with E-state index < -0.39 is 47.4 Å². The van der Waals surface area contributed by atoms with Crippen LogP contribution in [-0.2, 0) is 28.7 Å². The van der Waals surface area contributed by atoms with E-state index in [0.717, 1.165) is 0 Å². The normalized spacial score (nSPS) is 15.1. The van der Waals surface area contributed by atoms with Gasteiger partial charge >= 0.3 is 5.97 Å². The van der Waals surface area contributed by atoms with Gasteiger partial charge in [-0.2, -0.15) is 0 Å². The fraction of sp³-hybridized carbons (Fsp3) is 0.800. The van der Waals surface area contributed by atoms with Gasteiger partial charge in [0.15, 0.2) is 5.78 Å². The maximum atomic E-state index is 13.3. The first-order valence-corrected chi connectivity index (χ1v) is 12.3. The van der Waals surface area contributed by atoms with Gasteiger partial charge in [-0.1, -0.05) is 27.7 Å². The Bertz CT molecular complexity index is 745. The minimum atomic E-state index is -1.00. The quantitative estimate of drug-likeness (QED) is 0.264. The highest BCUT2D eigenvalue weighted by atomic mass is 16.6. The third-order valence-electron chi connectivity index (χ3n) is 5.36. The molecule has 3 amide bonds. The van der Waals surface area contributed by atoms with E-state index in [0.29, 0.717) is 6.42 Å². The van der Waals surface area contributed by atoms with Crippen molar-refractivity contribution in [1.29, 1.82) is 0 Å². The van der Waals surface area contributed by atoms with Crippen molar-refractivity contribution in [3.8, 4) is 0 Å². The van der Waals surface area contributed by atoms with Crippen LogP contribution in [0.15, 0.2) is 0 Å². The van der Waals surface area contributed by atoms with Gasteiger partial charge in [-0.25, -0.2) is 0 Å². The molecule has 10 heteroatoms. The number of hydrogen-bond acceptors (Lipinski definition) is 7. The topological polar surface area (TPSA) is 157 Å². The van der Waals surface area contributed by atoms with Gasteiger partial charge in [0, 0.05) is 25.8 Å². The van der Waals surface area contributed by atoms with Gasteiger partial charge in [0.2, 0.25) is 17.7 Å². The Labute approximate surface area is 209 Å². The Balaban J connectivity index is 5.62. The van der Waals surface area contributed by atoms with Crippen LogP contribution in [0.2, 0.25) is 0 Å². The number of amides is 3.